The van der Waals surface area contributed by atoms with Crippen molar-refractivity contribution in [3.05, 3.63) is 11.8 Å². The number of ether oxygens (including phenoxy) is 1. The van der Waals surface area contributed by atoms with Gasteiger partial charge < -0.3 is 4.74 Å². The third-order valence-corrected chi connectivity index (χ3v) is 1.12. The summed E-state index contributed by atoms with van der Waals surface area (Å²) in [6, 6.07) is 0. The smallest absolute Gasteiger partial charge is 0.455 e. The van der Waals surface area contributed by atoms with Crippen LogP contribution in [0, 0.1) is 0 Å². The lowest BCUT2D eigenvalue weighted by atomic mass is 10.1. The maximum Gasteiger partial charge on any atom is 0.455 e. The highest BCUT2D eigenvalue weighted by molar-refractivity contribution is 6.21. The summed E-state index contributed by atoms with van der Waals surface area (Å²) < 4.78 is 39.5. The lowest BCUT2D eigenvalue weighted by Crippen LogP contribution is -2.27. The number of halogens is 3. The number of alkyl halides is 3. The molecular formula is C7H7F3O3. The van der Waals surface area contributed by atoms with Crippen molar-refractivity contribution in [3.8, 4) is 0 Å². The van der Waals surface area contributed by atoms with Gasteiger partial charge in [-0.3, -0.25) is 9.59 Å². The van der Waals surface area contributed by atoms with E-state index < -0.39 is 23.3 Å². The van der Waals surface area contributed by atoms with Gasteiger partial charge in [-0.1, -0.05) is 0 Å². The minimum atomic E-state index is -5.05. The van der Waals surface area contributed by atoms with Crippen molar-refractivity contribution < 1.29 is 27.5 Å². The number of methoxy groups -OCH3 is 1. The maximum absolute atomic E-state index is 11.8. The number of rotatable bonds is 3. The van der Waals surface area contributed by atoms with E-state index in [2.05, 4.69) is 4.74 Å². The molecule has 3 nitrogen and oxygen atoms in total. The molecule has 0 aliphatic carbocycles. The Hall–Kier alpha value is -1.33. The minimum absolute atomic E-state index is 0.484. The third-order valence-electron chi connectivity index (χ3n) is 1.12. The summed E-state index contributed by atoms with van der Waals surface area (Å²) in [6.07, 6.45) is -4.56. The van der Waals surface area contributed by atoms with Crippen LogP contribution in [0.15, 0.2) is 11.8 Å². The lowest BCUT2D eigenvalue weighted by molar-refractivity contribution is -0.167. The normalized spacial score (nSPS) is 12.5. The monoisotopic (exact) mass is 196 g/mol. The van der Waals surface area contributed by atoms with Crippen molar-refractivity contribution in [1.82, 2.24) is 0 Å². The highest BCUT2D eigenvalue weighted by Gasteiger charge is 2.42. The number of hydrogen-bond acceptors (Lipinski definition) is 3. The maximum atomic E-state index is 11.8. The Balaban J connectivity index is 4.90. The summed E-state index contributed by atoms with van der Waals surface area (Å²) >= 11 is 0. The molecule has 0 aromatic heterocycles. The van der Waals surface area contributed by atoms with E-state index in [0.29, 0.717) is 6.26 Å². The van der Waals surface area contributed by atoms with Gasteiger partial charge in [0.2, 0.25) is 0 Å². The van der Waals surface area contributed by atoms with Gasteiger partial charge in [-0.15, -0.1) is 0 Å². The number of allylic oxidation sites excluding steroid dienone is 1. The van der Waals surface area contributed by atoms with Gasteiger partial charge in [-0.2, -0.15) is 13.2 Å². The van der Waals surface area contributed by atoms with Crippen LogP contribution in [-0.2, 0) is 14.3 Å². The van der Waals surface area contributed by atoms with Gasteiger partial charge in [0.05, 0.1) is 13.4 Å². The Morgan fingerprint density at radius 1 is 1.31 bits per heavy atom. The molecule has 0 spiro atoms. The standard InChI is InChI=1S/C7H7F3O3/c1-4(11)5(3-13-2)6(12)7(8,9)10/h3H,1-2H3. The second-order valence-corrected chi connectivity index (χ2v) is 2.15. The second kappa shape index (κ2) is 4.06. The predicted octanol–water partition coefficient (Wildman–Crippen LogP) is 1.24. The zero-order chi connectivity index (χ0) is 10.6. The fourth-order valence-electron chi connectivity index (χ4n) is 0.567. The highest BCUT2D eigenvalue weighted by Crippen LogP contribution is 2.20. The van der Waals surface area contributed by atoms with E-state index in [4.69, 9.17) is 0 Å². The van der Waals surface area contributed by atoms with E-state index in [-0.39, 0.29) is 0 Å². The van der Waals surface area contributed by atoms with Gasteiger partial charge in [0.1, 0.15) is 5.57 Å². The first kappa shape index (κ1) is 11.7. The summed E-state index contributed by atoms with van der Waals surface area (Å²) in [5.41, 5.74) is -1.00. The molecule has 0 aromatic carbocycles. The molecule has 74 valence electrons. The lowest BCUT2D eigenvalue weighted by Gasteiger charge is -2.05. The molecule has 0 saturated heterocycles. The molecule has 0 atom stereocenters. The number of carbonyl (C=O) groups is 2. The van der Waals surface area contributed by atoms with Crippen molar-refractivity contribution in [2.45, 2.75) is 13.1 Å². The van der Waals surface area contributed by atoms with E-state index >= 15 is 0 Å². The van der Waals surface area contributed by atoms with Gasteiger partial charge in [-0.05, 0) is 6.92 Å². The first-order chi connectivity index (χ1) is 5.80. The van der Waals surface area contributed by atoms with Crippen LogP contribution >= 0.6 is 0 Å². The average Bonchev–Trinajstić information content (AvgIpc) is 1.96. The topological polar surface area (TPSA) is 43.4 Å². The number of carbonyl (C=O) groups excluding carboxylic acids is 2. The van der Waals surface area contributed by atoms with Crippen LogP contribution in [0.5, 0.6) is 0 Å². The summed E-state index contributed by atoms with van der Waals surface area (Å²) in [7, 11) is 1.05. The van der Waals surface area contributed by atoms with Crippen molar-refractivity contribution in [2.75, 3.05) is 7.11 Å². The average molecular weight is 196 g/mol. The Morgan fingerprint density at radius 3 is 2.00 bits per heavy atom. The Bertz CT molecular complexity index is 252. The van der Waals surface area contributed by atoms with E-state index in [0.717, 1.165) is 14.0 Å². The number of Topliss-reactive ketones (excluding diaryl/α,β-unsaturated/α-hetero) is 2. The van der Waals surface area contributed by atoms with Crippen LogP contribution in [0.1, 0.15) is 6.92 Å². The minimum Gasteiger partial charge on any atom is -0.503 e. The van der Waals surface area contributed by atoms with Crippen molar-refractivity contribution >= 4 is 11.6 Å². The van der Waals surface area contributed by atoms with Crippen LogP contribution in [-0.4, -0.2) is 24.9 Å². The molecule has 0 aromatic rings. The fraction of sp³-hybridized carbons (Fsp3) is 0.429. The molecule has 0 bridgehead atoms. The zero-order valence-electron chi connectivity index (χ0n) is 6.94. The van der Waals surface area contributed by atoms with E-state index in [1.807, 2.05) is 0 Å². The molecule has 0 unspecified atom stereocenters. The van der Waals surface area contributed by atoms with E-state index in [9.17, 15) is 22.8 Å². The Labute approximate surface area is 72.2 Å². The third kappa shape index (κ3) is 3.27. The van der Waals surface area contributed by atoms with Gasteiger partial charge in [0.15, 0.2) is 5.78 Å². The summed E-state index contributed by atoms with van der Waals surface area (Å²) in [5.74, 6) is -3.17. The molecule has 0 N–H and O–H groups in total. The van der Waals surface area contributed by atoms with Crippen LogP contribution < -0.4 is 0 Å². The largest absolute Gasteiger partial charge is 0.503 e. The first-order valence-corrected chi connectivity index (χ1v) is 3.16. The SMILES string of the molecule is COC=C(C(C)=O)C(=O)C(F)(F)F. The molecule has 0 aliphatic heterocycles. The molecule has 0 aliphatic rings. The molecule has 0 fully saturated rings. The van der Waals surface area contributed by atoms with Crippen LogP contribution in [0.2, 0.25) is 0 Å². The Kier molecular flexibility index (Phi) is 3.65. The van der Waals surface area contributed by atoms with Gasteiger partial charge in [-0.25, -0.2) is 0 Å². The van der Waals surface area contributed by atoms with Crippen LogP contribution in [0.4, 0.5) is 13.2 Å². The number of hydrogen-bond donors (Lipinski definition) is 0. The highest BCUT2D eigenvalue weighted by atomic mass is 19.4. The summed E-state index contributed by atoms with van der Waals surface area (Å²) in [6.45, 7) is 0.856. The van der Waals surface area contributed by atoms with Gasteiger partial charge in [0.25, 0.3) is 5.78 Å². The van der Waals surface area contributed by atoms with Crippen molar-refractivity contribution in [2.24, 2.45) is 0 Å². The molecule has 13 heavy (non-hydrogen) atoms. The predicted molar refractivity (Wildman–Crippen MR) is 36.8 cm³/mol. The summed E-state index contributed by atoms with van der Waals surface area (Å²) in [5, 5.41) is 0. The van der Waals surface area contributed by atoms with E-state index in [1.165, 1.54) is 0 Å². The zero-order valence-corrected chi connectivity index (χ0v) is 6.94. The van der Waals surface area contributed by atoms with Crippen molar-refractivity contribution in [3.63, 3.8) is 0 Å². The van der Waals surface area contributed by atoms with Crippen LogP contribution in [0.25, 0.3) is 0 Å². The molecule has 0 radical (unpaired) electrons. The van der Waals surface area contributed by atoms with Gasteiger partial charge >= 0.3 is 6.18 Å². The molecular weight excluding hydrogens is 189 g/mol. The molecule has 0 saturated carbocycles. The second-order valence-electron chi connectivity index (χ2n) is 2.15. The molecule has 0 amide bonds. The quantitative estimate of drug-likeness (QED) is 0.295. The molecule has 6 heteroatoms. The van der Waals surface area contributed by atoms with Crippen LogP contribution in [0.3, 0.4) is 0 Å². The Morgan fingerprint density at radius 2 is 1.77 bits per heavy atom. The van der Waals surface area contributed by atoms with Gasteiger partial charge in [0, 0.05) is 0 Å². The van der Waals surface area contributed by atoms with E-state index in [1.54, 1.807) is 0 Å². The molecule has 0 rings (SSSR count). The number of ketones is 2. The van der Waals surface area contributed by atoms with Crippen molar-refractivity contribution in [1.29, 1.82) is 0 Å². The fourth-order valence-corrected chi connectivity index (χ4v) is 0.567. The summed E-state index contributed by atoms with van der Waals surface area (Å²) in [4.78, 5) is 21.1. The first-order valence-electron chi connectivity index (χ1n) is 3.16. The molecule has 0 heterocycles.